The quantitative estimate of drug-likeness (QED) is 0.236. The Morgan fingerprint density at radius 2 is 1.87 bits per heavy atom. The summed E-state index contributed by atoms with van der Waals surface area (Å²) in [5.41, 5.74) is 5.37. The van der Waals surface area contributed by atoms with Crippen LogP contribution in [0.1, 0.15) is 35.4 Å². The van der Waals surface area contributed by atoms with Crippen molar-refractivity contribution < 1.29 is 13.9 Å². The second kappa shape index (κ2) is 11.1. The molecule has 6 nitrogen and oxygen atoms in total. The zero-order chi connectivity index (χ0) is 26.6. The predicted octanol–water partition coefficient (Wildman–Crippen LogP) is 6.46. The van der Waals surface area contributed by atoms with Gasteiger partial charge < -0.3 is 14.0 Å². The van der Waals surface area contributed by atoms with E-state index in [0.717, 1.165) is 41.9 Å². The van der Waals surface area contributed by atoms with Crippen molar-refractivity contribution in [1.82, 2.24) is 14.5 Å². The highest BCUT2D eigenvalue weighted by Gasteiger charge is 2.20. The Kier molecular flexibility index (Phi) is 7.03. The standard InChI is InChI=1S/C32H27FN4O2/c33-27-17-25(28-7-3-9-32(36-28)39-21-23-12-10-22(19-34)11-13-23)15-14-24(27)18-31-35-29-6-1-2-8-30(29)37(31)20-26-5-4-16-38-26/h1-3,6-15,17,26H,4-5,16,18,20-21H2. The maximum Gasteiger partial charge on any atom is 0.214 e. The number of imidazole rings is 1. The van der Waals surface area contributed by atoms with Crippen LogP contribution in [-0.2, 0) is 24.3 Å². The van der Waals surface area contributed by atoms with Crippen LogP contribution in [0.2, 0.25) is 0 Å². The molecule has 39 heavy (non-hydrogen) atoms. The number of rotatable bonds is 8. The number of halogens is 1. The van der Waals surface area contributed by atoms with Gasteiger partial charge in [-0.3, -0.25) is 0 Å². The number of hydrogen-bond acceptors (Lipinski definition) is 5. The van der Waals surface area contributed by atoms with Crippen molar-refractivity contribution >= 4 is 11.0 Å². The lowest BCUT2D eigenvalue weighted by molar-refractivity contribution is 0.0973. The third-order valence-electron chi connectivity index (χ3n) is 7.03. The third-order valence-corrected chi connectivity index (χ3v) is 7.03. The van der Waals surface area contributed by atoms with Crippen molar-refractivity contribution in [2.24, 2.45) is 0 Å². The monoisotopic (exact) mass is 518 g/mol. The van der Waals surface area contributed by atoms with Crippen molar-refractivity contribution in [3.63, 3.8) is 0 Å². The van der Waals surface area contributed by atoms with E-state index in [1.165, 1.54) is 6.07 Å². The van der Waals surface area contributed by atoms with Crippen LogP contribution in [0.4, 0.5) is 4.39 Å². The van der Waals surface area contributed by atoms with Crippen LogP contribution < -0.4 is 4.74 Å². The Balaban J connectivity index is 1.20. The Bertz CT molecular complexity index is 1650. The van der Waals surface area contributed by atoms with Gasteiger partial charge in [0.15, 0.2) is 0 Å². The molecule has 6 rings (SSSR count). The molecule has 1 atom stereocenters. The largest absolute Gasteiger partial charge is 0.473 e. The second-order valence-corrected chi connectivity index (χ2v) is 9.70. The number of pyridine rings is 1. The van der Waals surface area contributed by atoms with E-state index in [2.05, 4.69) is 21.7 Å². The molecule has 0 bridgehead atoms. The summed E-state index contributed by atoms with van der Waals surface area (Å²) in [6.45, 7) is 1.83. The number of benzene rings is 3. The van der Waals surface area contributed by atoms with Gasteiger partial charge >= 0.3 is 0 Å². The van der Waals surface area contributed by atoms with Gasteiger partial charge in [0.25, 0.3) is 0 Å². The van der Waals surface area contributed by atoms with Crippen molar-refractivity contribution in [2.75, 3.05) is 6.61 Å². The lowest BCUT2D eigenvalue weighted by Gasteiger charge is -2.15. The molecule has 7 heteroatoms. The Morgan fingerprint density at radius 3 is 2.67 bits per heavy atom. The summed E-state index contributed by atoms with van der Waals surface area (Å²) in [5, 5.41) is 8.95. The first-order chi connectivity index (χ1) is 19.2. The number of para-hydroxylation sites is 2. The molecule has 3 aromatic carbocycles. The summed E-state index contributed by atoms with van der Waals surface area (Å²) in [5.74, 6) is 0.979. The van der Waals surface area contributed by atoms with E-state index in [1.54, 1.807) is 18.2 Å². The molecule has 0 radical (unpaired) electrons. The van der Waals surface area contributed by atoms with Gasteiger partial charge in [-0.15, -0.1) is 0 Å². The van der Waals surface area contributed by atoms with E-state index in [1.807, 2.05) is 54.6 Å². The molecule has 0 amide bonds. The highest BCUT2D eigenvalue weighted by Crippen LogP contribution is 2.26. The van der Waals surface area contributed by atoms with Crippen LogP contribution in [0.3, 0.4) is 0 Å². The summed E-state index contributed by atoms with van der Waals surface area (Å²) >= 11 is 0. The number of nitrogens with zero attached hydrogens (tertiary/aromatic N) is 4. The molecule has 1 saturated heterocycles. The Morgan fingerprint density at radius 1 is 1.00 bits per heavy atom. The summed E-state index contributed by atoms with van der Waals surface area (Å²) in [6, 6.07) is 28.0. The first-order valence-electron chi connectivity index (χ1n) is 13.1. The average molecular weight is 519 g/mol. The van der Waals surface area contributed by atoms with Crippen LogP contribution in [0, 0.1) is 17.1 Å². The Hall–Kier alpha value is -4.54. The van der Waals surface area contributed by atoms with Gasteiger partial charge in [0.2, 0.25) is 5.88 Å². The van der Waals surface area contributed by atoms with E-state index >= 15 is 4.39 Å². The molecule has 1 aliphatic heterocycles. The summed E-state index contributed by atoms with van der Waals surface area (Å²) in [7, 11) is 0. The van der Waals surface area contributed by atoms with Crippen molar-refractivity contribution in [1.29, 1.82) is 5.26 Å². The van der Waals surface area contributed by atoms with Gasteiger partial charge in [-0.05, 0) is 60.4 Å². The van der Waals surface area contributed by atoms with Gasteiger partial charge in [0.1, 0.15) is 18.2 Å². The molecule has 194 valence electrons. The molecule has 0 N–H and O–H groups in total. The van der Waals surface area contributed by atoms with Crippen LogP contribution >= 0.6 is 0 Å². The minimum Gasteiger partial charge on any atom is -0.473 e. The third kappa shape index (κ3) is 5.52. The number of nitriles is 1. The van der Waals surface area contributed by atoms with Gasteiger partial charge in [-0.1, -0.05) is 42.5 Å². The van der Waals surface area contributed by atoms with Crippen LogP contribution in [0.25, 0.3) is 22.3 Å². The fraction of sp³-hybridized carbons (Fsp3) is 0.219. The van der Waals surface area contributed by atoms with Gasteiger partial charge in [-0.25, -0.2) is 14.4 Å². The minimum atomic E-state index is -0.297. The van der Waals surface area contributed by atoms with E-state index in [4.69, 9.17) is 19.7 Å². The van der Waals surface area contributed by atoms with E-state index in [0.29, 0.717) is 47.8 Å². The summed E-state index contributed by atoms with van der Waals surface area (Å²) in [4.78, 5) is 9.41. The molecule has 2 aromatic heterocycles. The lowest BCUT2D eigenvalue weighted by Crippen LogP contribution is -2.17. The van der Waals surface area contributed by atoms with Crippen molar-refractivity contribution in [2.45, 2.75) is 38.5 Å². The maximum absolute atomic E-state index is 15.4. The molecule has 1 fully saturated rings. The molecule has 0 aliphatic carbocycles. The predicted molar refractivity (Wildman–Crippen MR) is 147 cm³/mol. The highest BCUT2D eigenvalue weighted by molar-refractivity contribution is 5.76. The van der Waals surface area contributed by atoms with Crippen LogP contribution in [0.15, 0.2) is 84.9 Å². The number of hydrogen-bond donors (Lipinski definition) is 0. The second-order valence-electron chi connectivity index (χ2n) is 9.70. The smallest absolute Gasteiger partial charge is 0.214 e. The molecule has 5 aromatic rings. The normalized spacial score (nSPS) is 14.9. The van der Waals surface area contributed by atoms with Gasteiger partial charge in [-0.2, -0.15) is 5.26 Å². The van der Waals surface area contributed by atoms with E-state index < -0.39 is 0 Å². The zero-order valence-corrected chi connectivity index (χ0v) is 21.4. The number of fused-ring (bicyclic) bond motifs is 1. The topological polar surface area (TPSA) is 73.0 Å². The molecule has 1 aliphatic rings. The zero-order valence-electron chi connectivity index (χ0n) is 21.4. The molecular formula is C32H27FN4O2. The van der Waals surface area contributed by atoms with Crippen molar-refractivity contribution in [3.8, 4) is 23.2 Å². The SMILES string of the molecule is N#Cc1ccc(COc2cccc(-c3ccc(Cc4nc5ccccc5n4CC4CCCO4)c(F)c3)n2)cc1. The summed E-state index contributed by atoms with van der Waals surface area (Å²) < 4.78 is 29.3. The first-order valence-corrected chi connectivity index (χ1v) is 13.1. The first kappa shape index (κ1) is 24.8. The number of aromatic nitrogens is 3. The molecule has 0 saturated carbocycles. The molecule has 0 spiro atoms. The molecular weight excluding hydrogens is 491 g/mol. The van der Waals surface area contributed by atoms with Crippen molar-refractivity contribution in [3.05, 3.63) is 113 Å². The Labute approximate surface area is 226 Å². The van der Waals surface area contributed by atoms with E-state index in [9.17, 15) is 0 Å². The fourth-order valence-electron chi connectivity index (χ4n) is 4.97. The molecule has 1 unspecified atom stereocenters. The summed E-state index contributed by atoms with van der Waals surface area (Å²) in [6.07, 6.45) is 2.64. The highest BCUT2D eigenvalue weighted by atomic mass is 19.1. The lowest BCUT2D eigenvalue weighted by atomic mass is 10.1. The minimum absolute atomic E-state index is 0.158. The van der Waals surface area contributed by atoms with Crippen LogP contribution in [0.5, 0.6) is 5.88 Å². The fourth-order valence-corrected chi connectivity index (χ4v) is 4.97. The van der Waals surface area contributed by atoms with Crippen LogP contribution in [-0.4, -0.2) is 27.2 Å². The maximum atomic E-state index is 15.4. The molecule has 3 heterocycles. The van der Waals surface area contributed by atoms with Gasteiger partial charge in [0, 0.05) is 24.7 Å². The number of ether oxygens (including phenoxy) is 2. The van der Waals surface area contributed by atoms with Gasteiger partial charge in [0.05, 0.1) is 41.0 Å². The van der Waals surface area contributed by atoms with E-state index in [-0.39, 0.29) is 11.9 Å². The average Bonchev–Trinajstić information content (AvgIpc) is 3.62.